The second kappa shape index (κ2) is 23.1. The molecule has 2 unspecified atom stereocenters. The number of benzene rings is 1. The van der Waals surface area contributed by atoms with Gasteiger partial charge in [0.2, 0.25) is 5.91 Å². The number of carbonyl (C=O) groups excluding carboxylic acids is 4. The maximum atomic E-state index is 13.2. The van der Waals surface area contributed by atoms with Crippen LogP contribution in [0, 0.1) is 0 Å². The Kier molecular flexibility index (Phi) is 18.3. The van der Waals surface area contributed by atoms with E-state index >= 15 is 0 Å². The number of ether oxygens (including phenoxy) is 2. The number of nitrogens with zero attached hydrogens (tertiary/aromatic N) is 5. The summed E-state index contributed by atoms with van der Waals surface area (Å²) >= 11 is -1.34. The molecule has 1 aromatic heterocycles. The molecular formula is C39H55N7O8S. The van der Waals surface area contributed by atoms with Crippen molar-refractivity contribution in [3.05, 3.63) is 62.9 Å². The molecule has 1 aliphatic heterocycles. The number of aldehydes is 2. The van der Waals surface area contributed by atoms with Crippen LogP contribution in [-0.4, -0.2) is 128 Å². The van der Waals surface area contributed by atoms with Gasteiger partial charge in [-0.2, -0.15) is 0 Å². The van der Waals surface area contributed by atoms with Crippen LogP contribution in [0.2, 0.25) is 0 Å². The number of aromatic nitrogens is 1. The number of rotatable bonds is 23. The predicted molar refractivity (Wildman–Crippen MR) is 213 cm³/mol. The number of aryl methyl sites for hydroxylation is 1. The molecule has 0 spiro atoms. The van der Waals surface area contributed by atoms with Gasteiger partial charge < -0.3 is 29.0 Å². The molecule has 0 radical (unpaired) electrons. The zero-order valence-electron chi connectivity index (χ0n) is 32.0. The summed E-state index contributed by atoms with van der Waals surface area (Å²) in [7, 11) is 2.99. The fraction of sp³-hybridized carbons (Fsp3) is 0.564. The van der Waals surface area contributed by atoms with Crippen molar-refractivity contribution in [1.29, 1.82) is 0 Å². The van der Waals surface area contributed by atoms with Crippen LogP contribution in [0.25, 0.3) is 0 Å². The zero-order valence-corrected chi connectivity index (χ0v) is 32.8. The van der Waals surface area contributed by atoms with Gasteiger partial charge in [0.1, 0.15) is 23.7 Å². The maximum absolute atomic E-state index is 13.2. The Morgan fingerprint density at radius 2 is 1.80 bits per heavy atom. The molecule has 16 heteroatoms. The number of piperidine rings is 1. The summed E-state index contributed by atoms with van der Waals surface area (Å²) in [6.45, 7) is 6.94. The highest BCUT2D eigenvalue weighted by Gasteiger charge is 2.28. The van der Waals surface area contributed by atoms with Crippen LogP contribution in [0.3, 0.4) is 0 Å². The van der Waals surface area contributed by atoms with Crippen LogP contribution in [-0.2, 0) is 37.0 Å². The fourth-order valence-corrected chi connectivity index (χ4v) is 7.90. The van der Waals surface area contributed by atoms with Crippen molar-refractivity contribution in [2.45, 2.75) is 82.3 Å². The van der Waals surface area contributed by atoms with Gasteiger partial charge in [-0.25, -0.2) is 4.99 Å². The van der Waals surface area contributed by atoms with Crippen LogP contribution < -0.4 is 15.6 Å². The maximum Gasteiger partial charge on any atom is 0.254 e. The number of hydrogen-bond donors (Lipinski definition) is 2. The average Bonchev–Trinajstić information content (AvgIpc) is 3.75. The molecule has 2 fully saturated rings. The van der Waals surface area contributed by atoms with Gasteiger partial charge in [-0.3, -0.25) is 28.7 Å². The molecular weight excluding hydrogens is 727 g/mol. The molecule has 1 aliphatic carbocycles. The third-order valence-corrected chi connectivity index (χ3v) is 11.4. The predicted octanol–water partition coefficient (Wildman–Crippen LogP) is 2.99. The lowest BCUT2D eigenvalue weighted by molar-refractivity contribution is -0.121. The topological polar surface area (TPSA) is 187 Å². The number of carbonyl (C=O) groups is 4. The van der Waals surface area contributed by atoms with Crippen LogP contribution in [0.4, 0.5) is 5.82 Å². The van der Waals surface area contributed by atoms with Gasteiger partial charge in [0.05, 0.1) is 44.0 Å². The minimum Gasteiger partial charge on any atom is -0.579 e. The van der Waals surface area contributed by atoms with Gasteiger partial charge in [-0.15, -0.1) is 9.03 Å². The van der Waals surface area contributed by atoms with Gasteiger partial charge in [0, 0.05) is 69.7 Å². The Labute approximate surface area is 326 Å². The summed E-state index contributed by atoms with van der Waals surface area (Å²) in [5.41, 5.74) is 1.92. The number of pyridine rings is 1. The van der Waals surface area contributed by atoms with Crippen molar-refractivity contribution in [2.75, 3.05) is 60.2 Å². The number of nitrogens with one attached hydrogen (secondary N) is 2. The van der Waals surface area contributed by atoms with E-state index in [1.54, 1.807) is 41.1 Å². The first-order valence-corrected chi connectivity index (χ1v) is 20.1. The van der Waals surface area contributed by atoms with Crippen molar-refractivity contribution in [3.63, 3.8) is 0 Å². The lowest BCUT2D eigenvalue weighted by atomic mass is 9.97. The molecule has 1 saturated carbocycles. The summed E-state index contributed by atoms with van der Waals surface area (Å²) in [5.74, 6) is -0.114. The number of amides is 2. The molecule has 1 aromatic carbocycles. The van der Waals surface area contributed by atoms with Gasteiger partial charge >= 0.3 is 0 Å². The standard InChI is InChI=1S/C39H55N7O8S/c1-40-36(49)15-14-33(27-47)44(3)39(51)34-12-6-8-29(35(34)28-48)9-7-22-53-24-25-54-23-19-43-55(52)45-20-17-31(18-21-45)42-26-30-13-16-37(50)46(38(30)41-2)32-10-4-5-11-32/h6,8,12-13,16,26-28,31-33,43H,2,4-5,7,9-11,14-15,17-25H2,1,3H3,(H,40,49)/b42-26-. The van der Waals surface area contributed by atoms with E-state index in [1.807, 2.05) is 4.31 Å². The molecule has 300 valence electrons. The first-order valence-electron chi connectivity index (χ1n) is 19.0. The van der Waals surface area contributed by atoms with Crippen molar-refractivity contribution >= 4 is 54.7 Å². The van der Waals surface area contributed by atoms with E-state index in [4.69, 9.17) is 14.5 Å². The van der Waals surface area contributed by atoms with E-state index in [0.717, 1.165) is 44.1 Å². The molecule has 55 heavy (non-hydrogen) atoms. The van der Waals surface area contributed by atoms with E-state index in [1.165, 1.54) is 19.0 Å². The lowest BCUT2D eigenvalue weighted by Gasteiger charge is -2.29. The molecule has 2 atom stereocenters. The third kappa shape index (κ3) is 12.7. The summed E-state index contributed by atoms with van der Waals surface area (Å²) in [5, 5.41) is 2.50. The minimum absolute atomic E-state index is 0.0544. The van der Waals surface area contributed by atoms with Crippen molar-refractivity contribution < 1.29 is 33.2 Å². The summed E-state index contributed by atoms with van der Waals surface area (Å²) < 4.78 is 30.8. The Morgan fingerprint density at radius 3 is 2.47 bits per heavy atom. The van der Waals surface area contributed by atoms with Gasteiger partial charge in [0.25, 0.3) is 11.5 Å². The fourth-order valence-electron chi connectivity index (χ4n) is 6.92. The summed E-state index contributed by atoms with van der Waals surface area (Å²) in [6, 6.07) is 7.85. The molecule has 0 bridgehead atoms. The van der Waals surface area contributed by atoms with Crippen LogP contribution in [0.5, 0.6) is 0 Å². The number of hydrogen-bond acceptors (Lipinski definition) is 12. The van der Waals surface area contributed by atoms with Gasteiger partial charge in [-0.1, -0.05) is 25.0 Å². The second-order valence-corrected chi connectivity index (χ2v) is 15.0. The number of likely N-dealkylation sites (N-methyl/N-ethyl adjacent to an activating group) is 1. The van der Waals surface area contributed by atoms with Gasteiger partial charge in [-0.05, 0) is 69.4 Å². The smallest absolute Gasteiger partial charge is 0.254 e. The van der Waals surface area contributed by atoms with E-state index in [9.17, 15) is 28.5 Å². The molecule has 2 heterocycles. The molecule has 15 nitrogen and oxygen atoms in total. The van der Waals surface area contributed by atoms with Crippen molar-refractivity contribution in [3.8, 4) is 0 Å². The Bertz CT molecular complexity index is 1670. The van der Waals surface area contributed by atoms with Gasteiger partial charge in [0.15, 0.2) is 6.29 Å². The second-order valence-electron chi connectivity index (χ2n) is 13.7. The van der Waals surface area contributed by atoms with E-state index < -0.39 is 23.5 Å². The highest BCUT2D eigenvalue weighted by atomic mass is 32.2. The average molecular weight is 782 g/mol. The van der Waals surface area contributed by atoms with Crippen LogP contribution in [0.15, 0.2) is 45.1 Å². The first kappa shape index (κ1) is 43.7. The molecule has 2 aliphatic rings. The highest BCUT2D eigenvalue weighted by molar-refractivity contribution is 7.87. The Hall–Kier alpha value is -4.06. The molecule has 2 N–H and O–H groups in total. The molecule has 2 amide bonds. The lowest BCUT2D eigenvalue weighted by Crippen LogP contribution is -2.46. The third-order valence-electron chi connectivity index (χ3n) is 10.1. The quantitative estimate of drug-likeness (QED) is 0.0735. The van der Waals surface area contributed by atoms with Crippen molar-refractivity contribution in [1.82, 2.24) is 23.8 Å². The Balaban J connectivity index is 1.09. The normalized spacial score (nSPS) is 16.6. The van der Waals surface area contributed by atoms with E-state index in [2.05, 4.69) is 21.7 Å². The monoisotopic (exact) mass is 781 g/mol. The molecule has 2 aromatic rings. The molecule has 1 saturated heterocycles. The SMILES string of the molecule is C=Nc1c(/C=N\C2CCN([S+]([O-])NCCOCCOCCCc3cccc(C(=O)N(C)C(C=O)CCC(=O)NC)c3C=O)CC2)ccc(=O)n1C1CCCC1. The largest absolute Gasteiger partial charge is 0.579 e. The van der Waals surface area contributed by atoms with E-state index in [0.29, 0.717) is 82.9 Å². The summed E-state index contributed by atoms with van der Waals surface area (Å²) in [6.07, 6.45) is 10.2. The number of aliphatic imine (C=N–C) groups is 2. The zero-order chi connectivity index (χ0) is 39.6. The first-order chi connectivity index (χ1) is 26.7. The van der Waals surface area contributed by atoms with Crippen molar-refractivity contribution in [2.24, 2.45) is 9.98 Å². The summed E-state index contributed by atoms with van der Waals surface area (Å²) in [4.78, 5) is 71.3. The molecule has 4 rings (SSSR count). The minimum atomic E-state index is -1.34. The van der Waals surface area contributed by atoms with Crippen LogP contribution in [0.1, 0.15) is 95.7 Å². The van der Waals surface area contributed by atoms with E-state index in [-0.39, 0.29) is 47.5 Å². The Morgan fingerprint density at radius 1 is 1.07 bits per heavy atom. The van der Waals surface area contributed by atoms with Crippen LogP contribution >= 0.6 is 0 Å². The highest BCUT2D eigenvalue weighted by Crippen LogP contribution is 2.32.